The van der Waals surface area contributed by atoms with Crippen molar-refractivity contribution >= 4 is 17.5 Å². The molecule has 1 aromatic heterocycles. The summed E-state index contributed by atoms with van der Waals surface area (Å²) in [5.74, 6) is -1.14. The molecule has 9 heteroatoms. The molecule has 2 fully saturated rings. The SMILES string of the molecule is O=C(NCCCN1CCOCC1)[C@H]1C[C@@H](C(=O)Nc2ccc(F)cc2)CN(Cc2ccncc2)C1. The van der Waals surface area contributed by atoms with Gasteiger partial charge < -0.3 is 15.4 Å². The first-order valence-electron chi connectivity index (χ1n) is 12.3. The van der Waals surface area contributed by atoms with E-state index in [0.29, 0.717) is 38.3 Å². The number of likely N-dealkylation sites (tertiary alicyclic amines) is 1. The average Bonchev–Trinajstić information content (AvgIpc) is 2.89. The van der Waals surface area contributed by atoms with Crippen molar-refractivity contribution in [3.05, 3.63) is 60.2 Å². The van der Waals surface area contributed by atoms with Gasteiger partial charge in [-0.05, 0) is 61.3 Å². The molecule has 0 aliphatic carbocycles. The summed E-state index contributed by atoms with van der Waals surface area (Å²) in [7, 11) is 0. The lowest BCUT2D eigenvalue weighted by molar-refractivity contribution is -0.130. The van der Waals surface area contributed by atoms with Crippen LogP contribution in [-0.2, 0) is 20.9 Å². The number of nitrogens with zero attached hydrogens (tertiary/aromatic N) is 3. The van der Waals surface area contributed by atoms with Crippen molar-refractivity contribution in [2.45, 2.75) is 19.4 Å². The zero-order valence-corrected chi connectivity index (χ0v) is 20.0. The van der Waals surface area contributed by atoms with Crippen LogP contribution in [0.15, 0.2) is 48.8 Å². The van der Waals surface area contributed by atoms with E-state index in [2.05, 4.69) is 25.4 Å². The third-order valence-electron chi connectivity index (χ3n) is 6.59. The Bertz CT molecular complexity index is 953. The molecular formula is C26H34FN5O3. The van der Waals surface area contributed by atoms with E-state index in [9.17, 15) is 14.0 Å². The molecule has 2 aromatic rings. The zero-order valence-electron chi connectivity index (χ0n) is 20.0. The normalized spacial score (nSPS) is 21.4. The number of pyridine rings is 1. The molecule has 35 heavy (non-hydrogen) atoms. The highest BCUT2D eigenvalue weighted by atomic mass is 19.1. The van der Waals surface area contributed by atoms with Gasteiger partial charge in [-0.3, -0.25) is 24.4 Å². The van der Waals surface area contributed by atoms with Crippen molar-refractivity contribution in [3.8, 4) is 0 Å². The minimum absolute atomic E-state index is 0.00834. The topological polar surface area (TPSA) is 86.8 Å². The Balaban J connectivity index is 1.34. The van der Waals surface area contributed by atoms with Gasteiger partial charge in [0, 0.05) is 57.3 Å². The highest BCUT2D eigenvalue weighted by molar-refractivity contribution is 5.93. The van der Waals surface area contributed by atoms with E-state index in [1.54, 1.807) is 24.5 Å². The fourth-order valence-electron chi connectivity index (χ4n) is 4.71. The summed E-state index contributed by atoms with van der Waals surface area (Å²) in [5, 5.41) is 5.97. The second kappa shape index (κ2) is 12.7. The second-order valence-electron chi connectivity index (χ2n) is 9.27. The molecule has 188 valence electrons. The molecule has 2 amide bonds. The summed E-state index contributed by atoms with van der Waals surface area (Å²) in [6.45, 7) is 6.75. The summed E-state index contributed by atoms with van der Waals surface area (Å²) in [4.78, 5) is 34.7. The highest BCUT2D eigenvalue weighted by Gasteiger charge is 2.35. The number of rotatable bonds is 9. The number of morpholine rings is 1. The van der Waals surface area contributed by atoms with Crippen molar-refractivity contribution in [2.24, 2.45) is 11.8 Å². The molecule has 1 aromatic carbocycles. The standard InChI is InChI=1S/C26H34FN5O3/c27-23-2-4-24(5-3-23)30-26(34)22-16-21(18-32(19-22)17-20-6-9-28-10-7-20)25(33)29-8-1-11-31-12-14-35-15-13-31/h2-7,9-10,21-22H,1,8,11-19H2,(H,29,33)(H,30,34)/t21-,22+/m0/s1. The fourth-order valence-corrected chi connectivity index (χ4v) is 4.71. The van der Waals surface area contributed by atoms with Crippen LogP contribution in [0.3, 0.4) is 0 Å². The molecular weight excluding hydrogens is 449 g/mol. The number of halogens is 1. The summed E-state index contributed by atoms with van der Waals surface area (Å²) < 4.78 is 18.6. The van der Waals surface area contributed by atoms with Gasteiger partial charge in [0.2, 0.25) is 11.8 Å². The van der Waals surface area contributed by atoms with Crippen molar-refractivity contribution in [1.82, 2.24) is 20.1 Å². The number of hydrogen-bond acceptors (Lipinski definition) is 6. The number of benzene rings is 1. The molecule has 2 atom stereocenters. The van der Waals surface area contributed by atoms with Crippen molar-refractivity contribution < 1.29 is 18.7 Å². The molecule has 3 heterocycles. The number of carbonyl (C=O) groups excluding carboxylic acids is 2. The number of nitrogens with one attached hydrogen (secondary N) is 2. The number of carbonyl (C=O) groups is 2. The number of anilines is 1. The fraction of sp³-hybridized carbons (Fsp3) is 0.500. The van der Waals surface area contributed by atoms with Gasteiger partial charge in [0.15, 0.2) is 0 Å². The van der Waals surface area contributed by atoms with Crippen LogP contribution in [0.1, 0.15) is 18.4 Å². The van der Waals surface area contributed by atoms with E-state index in [1.807, 2.05) is 12.1 Å². The number of aromatic nitrogens is 1. The minimum Gasteiger partial charge on any atom is -0.379 e. The summed E-state index contributed by atoms with van der Waals surface area (Å²) in [6.07, 6.45) is 4.86. The molecule has 2 saturated heterocycles. The van der Waals surface area contributed by atoms with Gasteiger partial charge in [-0.15, -0.1) is 0 Å². The molecule has 2 N–H and O–H groups in total. The van der Waals surface area contributed by atoms with Gasteiger partial charge in [0.1, 0.15) is 5.82 Å². The molecule has 4 rings (SSSR count). The number of hydrogen-bond donors (Lipinski definition) is 2. The maximum absolute atomic E-state index is 13.2. The lowest BCUT2D eigenvalue weighted by Crippen LogP contribution is -2.49. The van der Waals surface area contributed by atoms with Crippen LogP contribution in [0.2, 0.25) is 0 Å². The van der Waals surface area contributed by atoms with Crippen molar-refractivity contribution in [2.75, 3.05) is 57.8 Å². The van der Waals surface area contributed by atoms with E-state index in [1.165, 1.54) is 12.1 Å². The highest BCUT2D eigenvalue weighted by Crippen LogP contribution is 2.25. The van der Waals surface area contributed by atoms with E-state index < -0.39 is 0 Å². The van der Waals surface area contributed by atoms with E-state index in [4.69, 9.17) is 4.74 Å². The molecule has 0 spiro atoms. The van der Waals surface area contributed by atoms with E-state index in [-0.39, 0.29) is 29.5 Å². The second-order valence-corrected chi connectivity index (χ2v) is 9.27. The van der Waals surface area contributed by atoms with E-state index in [0.717, 1.165) is 44.8 Å². The summed E-state index contributed by atoms with van der Waals surface area (Å²) in [6, 6.07) is 9.62. The van der Waals surface area contributed by atoms with Crippen LogP contribution in [-0.4, -0.2) is 79.1 Å². The van der Waals surface area contributed by atoms with E-state index >= 15 is 0 Å². The Labute approximate surface area is 205 Å². The first-order chi connectivity index (χ1) is 17.1. The maximum atomic E-state index is 13.2. The van der Waals surface area contributed by atoms with Gasteiger partial charge in [0.05, 0.1) is 25.0 Å². The van der Waals surface area contributed by atoms with Crippen LogP contribution < -0.4 is 10.6 Å². The third kappa shape index (κ3) is 7.81. The zero-order chi connectivity index (χ0) is 24.5. The Morgan fingerprint density at radius 1 is 0.971 bits per heavy atom. The van der Waals surface area contributed by atoms with Gasteiger partial charge in [-0.25, -0.2) is 4.39 Å². The number of piperidine rings is 1. The third-order valence-corrected chi connectivity index (χ3v) is 6.59. The Morgan fingerprint density at radius 2 is 1.66 bits per heavy atom. The van der Waals surface area contributed by atoms with Gasteiger partial charge in [-0.2, -0.15) is 0 Å². The predicted octanol–water partition coefficient (Wildman–Crippen LogP) is 2.14. The van der Waals surface area contributed by atoms with Gasteiger partial charge in [0.25, 0.3) is 0 Å². The quantitative estimate of drug-likeness (QED) is 0.532. The molecule has 0 unspecified atom stereocenters. The average molecular weight is 484 g/mol. The molecule has 0 saturated carbocycles. The van der Waals surface area contributed by atoms with Gasteiger partial charge in [-0.1, -0.05) is 0 Å². The lowest BCUT2D eigenvalue weighted by atomic mass is 9.87. The lowest BCUT2D eigenvalue weighted by Gasteiger charge is -2.36. The van der Waals surface area contributed by atoms with Crippen LogP contribution in [0, 0.1) is 17.7 Å². The molecule has 0 bridgehead atoms. The molecule has 2 aliphatic heterocycles. The summed E-state index contributed by atoms with van der Waals surface area (Å²) >= 11 is 0. The van der Waals surface area contributed by atoms with Gasteiger partial charge >= 0.3 is 0 Å². The molecule has 2 aliphatic rings. The smallest absolute Gasteiger partial charge is 0.228 e. The Hall–Kier alpha value is -2.88. The Kier molecular flexibility index (Phi) is 9.16. The van der Waals surface area contributed by atoms with Crippen LogP contribution in [0.4, 0.5) is 10.1 Å². The van der Waals surface area contributed by atoms with Crippen molar-refractivity contribution in [1.29, 1.82) is 0 Å². The van der Waals surface area contributed by atoms with Crippen LogP contribution >= 0.6 is 0 Å². The number of ether oxygens (including phenoxy) is 1. The maximum Gasteiger partial charge on any atom is 0.228 e. The van der Waals surface area contributed by atoms with Crippen LogP contribution in [0.5, 0.6) is 0 Å². The first kappa shape index (κ1) is 25.2. The predicted molar refractivity (Wildman–Crippen MR) is 131 cm³/mol. The summed E-state index contributed by atoms with van der Waals surface area (Å²) in [5.41, 5.74) is 1.64. The number of amides is 2. The minimum atomic E-state index is -0.352. The molecule has 0 radical (unpaired) electrons. The monoisotopic (exact) mass is 483 g/mol. The first-order valence-corrected chi connectivity index (χ1v) is 12.3. The van der Waals surface area contributed by atoms with Crippen LogP contribution in [0.25, 0.3) is 0 Å². The largest absolute Gasteiger partial charge is 0.379 e. The Morgan fingerprint density at radius 3 is 2.37 bits per heavy atom. The van der Waals surface area contributed by atoms with Crippen molar-refractivity contribution in [3.63, 3.8) is 0 Å². The molecule has 8 nitrogen and oxygen atoms in total.